The highest BCUT2D eigenvalue weighted by Gasteiger charge is 2.28. The largest absolute Gasteiger partial charge is 0.281 e. The number of fused-ring (bicyclic) bond motifs is 1. The van der Waals surface area contributed by atoms with Crippen molar-refractivity contribution in [2.45, 2.75) is 37.9 Å². The Morgan fingerprint density at radius 1 is 1.35 bits per heavy atom. The number of benzene rings is 1. The van der Waals surface area contributed by atoms with E-state index in [4.69, 9.17) is 0 Å². The maximum absolute atomic E-state index is 12.2. The van der Waals surface area contributed by atoms with Gasteiger partial charge in [-0.2, -0.15) is 0 Å². The third-order valence-electron chi connectivity index (χ3n) is 4.05. The number of hydrogen-bond acceptors (Lipinski definition) is 2. The van der Waals surface area contributed by atoms with E-state index < -0.39 is 0 Å². The van der Waals surface area contributed by atoms with Crippen LogP contribution in [0.1, 0.15) is 53.0 Å². The lowest BCUT2D eigenvalue weighted by atomic mass is 9.93. The fraction of sp³-hybridized carbons (Fsp3) is 0.500. The molecule has 108 valence electrons. The van der Waals surface area contributed by atoms with Gasteiger partial charge in [0.25, 0.3) is 5.91 Å². The maximum atomic E-state index is 12.2. The topological polar surface area (TPSA) is 37.4 Å². The molecule has 0 N–H and O–H groups in total. The Kier molecular flexibility index (Phi) is 4.63. The summed E-state index contributed by atoms with van der Waals surface area (Å²) in [6, 6.07) is 5.87. The van der Waals surface area contributed by atoms with E-state index in [9.17, 15) is 9.59 Å². The number of carbonyl (C=O) groups is 2. The number of carbonyl (C=O) groups excluding carboxylic acids is 2. The minimum atomic E-state index is -0.193. The SMILES string of the molecule is CCC(C)CC(Br)c1ccc2c(c1)C(=O)N(C)C(=O)C2. The second-order valence-corrected chi connectivity index (χ2v) is 6.67. The van der Waals surface area contributed by atoms with Gasteiger partial charge in [-0.15, -0.1) is 0 Å². The van der Waals surface area contributed by atoms with Gasteiger partial charge in [0.2, 0.25) is 5.91 Å². The summed E-state index contributed by atoms with van der Waals surface area (Å²) in [5.41, 5.74) is 2.61. The number of imide groups is 1. The lowest BCUT2D eigenvalue weighted by molar-refractivity contribution is -0.127. The number of amides is 2. The van der Waals surface area contributed by atoms with Crippen LogP contribution >= 0.6 is 15.9 Å². The zero-order chi connectivity index (χ0) is 14.9. The molecule has 1 aliphatic heterocycles. The van der Waals surface area contributed by atoms with Crippen LogP contribution in [0, 0.1) is 5.92 Å². The molecule has 0 saturated carbocycles. The summed E-state index contributed by atoms with van der Waals surface area (Å²) in [5.74, 6) is 0.307. The molecule has 4 heteroatoms. The summed E-state index contributed by atoms with van der Waals surface area (Å²) < 4.78 is 0. The Labute approximate surface area is 128 Å². The average molecular weight is 338 g/mol. The number of likely N-dealkylation sites (N-methyl/N-ethyl adjacent to an activating group) is 1. The molecule has 0 bridgehead atoms. The Hall–Kier alpha value is -1.16. The molecule has 2 atom stereocenters. The van der Waals surface area contributed by atoms with E-state index in [1.165, 1.54) is 4.90 Å². The van der Waals surface area contributed by atoms with E-state index in [0.29, 0.717) is 17.9 Å². The first kappa shape index (κ1) is 15.2. The fourth-order valence-electron chi connectivity index (χ4n) is 2.37. The molecule has 3 nitrogen and oxygen atoms in total. The highest BCUT2D eigenvalue weighted by molar-refractivity contribution is 9.09. The van der Waals surface area contributed by atoms with Crippen molar-refractivity contribution in [3.63, 3.8) is 0 Å². The third kappa shape index (κ3) is 2.95. The highest BCUT2D eigenvalue weighted by Crippen LogP contribution is 2.33. The molecule has 0 aromatic heterocycles. The number of nitrogens with zero attached hydrogens (tertiary/aromatic N) is 1. The van der Waals surface area contributed by atoms with E-state index in [2.05, 4.69) is 29.8 Å². The van der Waals surface area contributed by atoms with E-state index in [1.54, 1.807) is 7.05 Å². The first-order valence-electron chi connectivity index (χ1n) is 7.01. The molecule has 1 aliphatic rings. The molecule has 0 aliphatic carbocycles. The standard InChI is InChI=1S/C16H20BrNO2/c1-4-10(2)7-14(17)12-6-5-11-9-15(19)18(3)16(20)13(11)8-12/h5-6,8,10,14H,4,7,9H2,1-3H3. The van der Waals surface area contributed by atoms with Crippen molar-refractivity contribution in [1.29, 1.82) is 0 Å². The monoisotopic (exact) mass is 337 g/mol. The summed E-state index contributed by atoms with van der Waals surface area (Å²) in [6.07, 6.45) is 2.50. The molecule has 0 spiro atoms. The molecule has 20 heavy (non-hydrogen) atoms. The van der Waals surface area contributed by atoms with Crippen molar-refractivity contribution in [3.8, 4) is 0 Å². The van der Waals surface area contributed by atoms with Crippen molar-refractivity contribution in [1.82, 2.24) is 4.90 Å². The summed E-state index contributed by atoms with van der Waals surface area (Å²) >= 11 is 3.71. The maximum Gasteiger partial charge on any atom is 0.260 e. The number of halogens is 1. The Morgan fingerprint density at radius 2 is 2.05 bits per heavy atom. The van der Waals surface area contributed by atoms with Gasteiger partial charge in [-0.25, -0.2) is 0 Å². The predicted octanol–water partition coefficient (Wildman–Crippen LogP) is 3.71. The molecular weight excluding hydrogens is 318 g/mol. The van der Waals surface area contributed by atoms with Crippen molar-refractivity contribution in [3.05, 3.63) is 34.9 Å². The predicted molar refractivity (Wildman–Crippen MR) is 83.0 cm³/mol. The Bertz CT molecular complexity index is 541. The van der Waals surface area contributed by atoms with Crippen LogP contribution in [0.3, 0.4) is 0 Å². The molecule has 0 fully saturated rings. The molecule has 1 aromatic carbocycles. The molecule has 2 rings (SSSR count). The summed E-state index contributed by atoms with van der Waals surface area (Å²) in [6.45, 7) is 4.41. The lowest BCUT2D eigenvalue weighted by Gasteiger charge is -2.24. The summed E-state index contributed by atoms with van der Waals surface area (Å²) in [4.78, 5) is 25.3. The first-order valence-corrected chi connectivity index (χ1v) is 7.93. The van der Waals surface area contributed by atoms with Crippen molar-refractivity contribution in [2.75, 3.05) is 7.05 Å². The molecule has 2 unspecified atom stereocenters. The van der Waals surface area contributed by atoms with Crippen LogP contribution in [0.5, 0.6) is 0 Å². The second-order valence-electron chi connectivity index (χ2n) is 5.57. The van der Waals surface area contributed by atoms with E-state index in [0.717, 1.165) is 24.0 Å². The van der Waals surface area contributed by atoms with Crippen molar-refractivity contribution < 1.29 is 9.59 Å². The zero-order valence-corrected chi connectivity index (χ0v) is 13.7. The van der Waals surface area contributed by atoms with Crippen LogP contribution in [-0.4, -0.2) is 23.8 Å². The van der Waals surface area contributed by atoms with Crippen LogP contribution < -0.4 is 0 Å². The van der Waals surface area contributed by atoms with Crippen LogP contribution in [0.4, 0.5) is 0 Å². The zero-order valence-electron chi connectivity index (χ0n) is 12.1. The van der Waals surface area contributed by atoms with E-state index >= 15 is 0 Å². The van der Waals surface area contributed by atoms with E-state index in [-0.39, 0.29) is 16.6 Å². The summed E-state index contributed by atoms with van der Waals surface area (Å²) in [5, 5.41) is 0. The van der Waals surface area contributed by atoms with Gasteiger partial charge in [0.05, 0.1) is 6.42 Å². The smallest absolute Gasteiger partial charge is 0.260 e. The lowest BCUT2D eigenvalue weighted by Crippen LogP contribution is -2.39. The van der Waals surface area contributed by atoms with E-state index in [1.807, 2.05) is 18.2 Å². The van der Waals surface area contributed by atoms with Gasteiger partial charge in [-0.1, -0.05) is 48.3 Å². The molecule has 0 saturated heterocycles. The summed E-state index contributed by atoms with van der Waals surface area (Å²) in [7, 11) is 1.55. The Balaban J connectivity index is 2.28. The molecular formula is C16H20BrNO2. The van der Waals surface area contributed by atoms with Gasteiger partial charge in [0, 0.05) is 17.4 Å². The van der Waals surface area contributed by atoms with Crippen molar-refractivity contribution >= 4 is 27.7 Å². The molecule has 2 amide bonds. The van der Waals surface area contributed by atoms with Gasteiger partial charge in [0.1, 0.15) is 0 Å². The van der Waals surface area contributed by atoms with Crippen LogP contribution in [0.15, 0.2) is 18.2 Å². The second kappa shape index (κ2) is 6.08. The van der Waals surface area contributed by atoms with Gasteiger partial charge < -0.3 is 0 Å². The van der Waals surface area contributed by atoms with Gasteiger partial charge >= 0.3 is 0 Å². The fourth-order valence-corrected chi connectivity index (χ4v) is 3.30. The van der Waals surface area contributed by atoms with Crippen molar-refractivity contribution in [2.24, 2.45) is 5.92 Å². The number of rotatable bonds is 4. The number of hydrogen-bond donors (Lipinski definition) is 0. The van der Waals surface area contributed by atoms with Crippen LogP contribution in [0.2, 0.25) is 0 Å². The van der Waals surface area contributed by atoms with Gasteiger partial charge in [-0.3, -0.25) is 14.5 Å². The molecule has 1 heterocycles. The quantitative estimate of drug-likeness (QED) is 0.620. The van der Waals surface area contributed by atoms with Crippen LogP contribution in [-0.2, 0) is 11.2 Å². The Morgan fingerprint density at radius 3 is 2.70 bits per heavy atom. The first-order chi connectivity index (χ1) is 9.43. The average Bonchev–Trinajstić information content (AvgIpc) is 2.44. The minimum absolute atomic E-state index is 0.134. The minimum Gasteiger partial charge on any atom is -0.281 e. The third-order valence-corrected chi connectivity index (χ3v) is 4.96. The highest BCUT2D eigenvalue weighted by atomic mass is 79.9. The van der Waals surface area contributed by atoms with Gasteiger partial charge in [-0.05, 0) is 29.5 Å². The van der Waals surface area contributed by atoms with Gasteiger partial charge in [0.15, 0.2) is 0 Å². The normalized spacial score (nSPS) is 17.9. The van der Waals surface area contributed by atoms with Crippen LogP contribution in [0.25, 0.3) is 0 Å². The molecule has 0 radical (unpaired) electrons. The molecule has 1 aromatic rings. The number of alkyl halides is 1.